The second kappa shape index (κ2) is 49.7. The quantitative estimate of drug-likeness (QED) is 0.0211. The number of esters is 2. The van der Waals surface area contributed by atoms with Crippen LogP contribution in [0.25, 0.3) is 0 Å². The number of ether oxygens (including phenoxy) is 2. The number of carbonyl (C=O) groups is 2. The monoisotopic (exact) mass is 977 g/mol. The second-order valence-corrected chi connectivity index (χ2v) is 21.4. The number of phosphoric ester groups is 1. The van der Waals surface area contributed by atoms with Crippen LogP contribution in [0.15, 0.2) is 60.8 Å². The third-order valence-corrected chi connectivity index (χ3v) is 13.0. The number of hydrogen-bond donors (Lipinski definition) is 1. The summed E-state index contributed by atoms with van der Waals surface area (Å²) >= 11 is 0. The summed E-state index contributed by atoms with van der Waals surface area (Å²) in [4.78, 5) is 35.6. The van der Waals surface area contributed by atoms with Crippen LogP contribution >= 0.6 is 7.82 Å². The Bertz CT molecular complexity index is 1340. The topological polar surface area (TPSA) is 108 Å². The van der Waals surface area contributed by atoms with Gasteiger partial charge in [0, 0.05) is 12.8 Å². The van der Waals surface area contributed by atoms with Crippen LogP contribution in [0, 0.1) is 0 Å². The van der Waals surface area contributed by atoms with Crippen LogP contribution < -0.4 is 0 Å². The Hall–Kier alpha value is -2.29. The SMILES string of the molecule is CCCCC/C=C\C/C=C\CCCCCCCCCCCC(=O)OCC(COP(=O)(O)OCC[N+](C)(C)C)OC(=O)CCCCCCCCCCCC/C=C\C/C=C\C/C=C\CCCCCCC. The van der Waals surface area contributed by atoms with Crippen LogP contribution in [0.2, 0.25) is 0 Å². The van der Waals surface area contributed by atoms with Gasteiger partial charge in [0.15, 0.2) is 6.10 Å². The maximum Gasteiger partial charge on any atom is 0.472 e. The number of likely N-dealkylation sites (N-methyl/N-ethyl adjacent to an activating group) is 1. The molecule has 0 amide bonds. The molecule has 0 aliphatic carbocycles. The van der Waals surface area contributed by atoms with Crippen molar-refractivity contribution in [1.29, 1.82) is 0 Å². The third-order valence-electron chi connectivity index (χ3n) is 12.0. The fraction of sp³-hybridized carbons (Fsp3) is 0.793. The lowest BCUT2D eigenvalue weighted by molar-refractivity contribution is -0.870. The summed E-state index contributed by atoms with van der Waals surface area (Å²) in [5, 5.41) is 0. The van der Waals surface area contributed by atoms with E-state index in [0.29, 0.717) is 17.4 Å². The molecule has 0 saturated heterocycles. The van der Waals surface area contributed by atoms with Gasteiger partial charge in [0.05, 0.1) is 27.7 Å². The smallest absolute Gasteiger partial charge is 0.462 e. The molecule has 0 saturated carbocycles. The van der Waals surface area contributed by atoms with E-state index < -0.39 is 26.5 Å². The molecule has 1 N–H and O–H groups in total. The molecule has 0 aliphatic heterocycles. The summed E-state index contributed by atoms with van der Waals surface area (Å²) in [5.74, 6) is -0.803. The summed E-state index contributed by atoms with van der Waals surface area (Å²) in [5.41, 5.74) is 0. The lowest BCUT2D eigenvalue weighted by atomic mass is 10.0. The average molecular weight is 977 g/mol. The molecule has 10 heteroatoms. The summed E-state index contributed by atoms with van der Waals surface area (Å²) in [6.45, 7) is 4.40. The number of carbonyl (C=O) groups excluding carboxylic acids is 2. The molecule has 0 aromatic carbocycles. The van der Waals surface area contributed by atoms with Gasteiger partial charge in [-0.15, -0.1) is 0 Å². The fourth-order valence-corrected chi connectivity index (χ4v) is 8.38. The van der Waals surface area contributed by atoms with Crippen LogP contribution in [0.3, 0.4) is 0 Å². The van der Waals surface area contributed by atoms with Crippen molar-refractivity contribution in [1.82, 2.24) is 0 Å². The third kappa shape index (κ3) is 53.1. The molecule has 0 aliphatic rings. The molecule has 0 aromatic rings. The van der Waals surface area contributed by atoms with Crippen LogP contribution in [0.1, 0.15) is 245 Å². The predicted octanol–water partition coefficient (Wildman–Crippen LogP) is 17.1. The number of rotatable bonds is 51. The van der Waals surface area contributed by atoms with Crippen molar-refractivity contribution in [3.8, 4) is 0 Å². The molecule has 0 heterocycles. The van der Waals surface area contributed by atoms with Crippen molar-refractivity contribution in [3.63, 3.8) is 0 Å². The zero-order valence-electron chi connectivity index (χ0n) is 44.8. The Morgan fingerprint density at radius 2 is 0.794 bits per heavy atom. The van der Waals surface area contributed by atoms with E-state index in [-0.39, 0.29) is 32.0 Å². The standard InChI is InChI=1S/C58H106NO8P/c1-6-8-10-12-14-16-18-20-22-24-26-27-28-29-30-31-33-35-37-39-41-43-45-47-49-51-58(61)67-56(55-66-68(62,63)65-53-52-59(3,4)5)54-64-57(60)50-48-46-44-42-40-38-36-34-32-25-23-21-19-17-15-13-11-9-7-2/h15,17-18,20-21,23-24,26,28-29,56H,6-14,16,19,22,25,27,30-55H2,1-5H3/p+1/b17-15-,20-18-,23-21-,26-24-,29-28-. The van der Waals surface area contributed by atoms with Crippen LogP contribution in [0.4, 0.5) is 0 Å². The zero-order valence-corrected chi connectivity index (χ0v) is 45.7. The minimum absolute atomic E-state index is 0.0285. The molecule has 0 bridgehead atoms. The Kier molecular flexibility index (Phi) is 48.0. The van der Waals surface area contributed by atoms with Gasteiger partial charge in [-0.3, -0.25) is 18.6 Å². The Morgan fingerprint density at radius 1 is 0.456 bits per heavy atom. The van der Waals surface area contributed by atoms with E-state index in [1.807, 2.05) is 21.1 Å². The van der Waals surface area contributed by atoms with Gasteiger partial charge in [0.1, 0.15) is 19.8 Å². The summed E-state index contributed by atoms with van der Waals surface area (Å²) in [6.07, 6.45) is 62.7. The molecule has 2 atom stereocenters. The lowest BCUT2D eigenvalue weighted by Crippen LogP contribution is -2.37. The second-order valence-electron chi connectivity index (χ2n) is 20.0. The average Bonchev–Trinajstić information content (AvgIpc) is 3.30. The lowest BCUT2D eigenvalue weighted by Gasteiger charge is -2.24. The van der Waals surface area contributed by atoms with Crippen molar-refractivity contribution in [2.75, 3.05) is 47.5 Å². The van der Waals surface area contributed by atoms with Crippen molar-refractivity contribution in [2.24, 2.45) is 0 Å². The van der Waals surface area contributed by atoms with Gasteiger partial charge < -0.3 is 18.9 Å². The van der Waals surface area contributed by atoms with Gasteiger partial charge in [-0.2, -0.15) is 0 Å². The molecule has 0 spiro atoms. The number of unbranched alkanes of at least 4 members (excludes halogenated alkanes) is 27. The van der Waals surface area contributed by atoms with Gasteiger partial charge in [-0.05, 0) is 83.5 Å². The minimum Gasteiger partial charge on any atom is -0.462 e. The summed E-state index contributed by atoms with van der Waals surface area (Å²) in [6, 6.07) is 0. The van der Waals surface area contributed by atoms with Gasteiger partial charge >= 0.3 is 19.8 Å². The minimum atomic E-state index is -4.39. The number of nitrogens with zero attached hydrogens (tertiary/aromatic N) is 1. The molecule has 0 radical (unpaired) electrons. The van der Waals surface area contributed by atoms with E-state index in [1.165, 1.54) is 154 Å². The molecule has 2 unspecified atom stereocenters. The number of phosphoric acid groups is 1. The Labute approximate surface area is 419 Å². The first-order valence-corrected chi connectivity index (χ1v) is 29.5. The van der Waals surface area contributed by atoms with Gasteiger partial charge in [-0.25, -0.2) is 4.57 Å². The van der Waals surface area contributed by atoms with E-state index >= 15 is 0 Å². The van der Waals surface area contributed by atoms with Crippen molar-refractivity contribution >= 4 is 19.8 Å². The Balaban J connectivity index is 4.21. The van der Waals surface area contributed by atoms with Gasteiger partial charge in [0.2, 0.25) is 0 Å². The van der Waals surface area contributed by atoms with Crippen molar-refractivity contribution in [3.05, 3.63) is 60.8 Å². The largest absolute Gasteiger partial charge is 0.472 e. The van der Waals surface area contributed by atoms with E-state index in [1.54, 1.807) is 0 Å². The molecule has 9 nitrogen and oxygen atoms in total. The highest BCUT2D eigenvalue weighted by atomic mass is 31.2. The normalized spacial score (nSPS) is 13.8. The first-order chi connectivity index (χ1) is 33.0. The van der Waals surface area contributed by atoms with Gasteiger partial charge in [0.25, 0.3) is 0 Å². The van der Waals surface area contributed by atoms with E-state index in [4.69, 9.17) is 18.5 Å². The highest BCUT2D eigenvalue weighted by Gasteiger charge is 2.27. The van der Waals surface area contributed by atoms with Crippen LogP contribution in [-0.4, -0.2) is 74.9 Å². The molecule has 0 fully saturated rings. The summed E-state index contributed by atoms with van der Waals surface area (Å²) < 4.78 is 34.5. The zero-order chi connectivity index (χ0) is 49.9. The molecule has 396 valence electrons. The molecular weight excluding hydrogens is 870 g/mol. The molecule has 68 heavy (non-hydrogen) atoms. The maximum absolute atomic E-state index is 12.8. The highest BCUT2D eigenvalue weighted by Crippen LogP contribution is 2.43. The first-order valence-electron chi connectivity index (χ1n) is 28.0. The highest BCUT2D eigenvalue weighted by molar-refractivity contribution is 7.47. The van der Waals surface area contributed by atoms with Crippen LogP contribution in [-0.2, 0) is 32.7 Å². The number of quaternary nitrogens is 1. The van der Waals surface area contributed by atoms with Crippen molar-refractivity contribution in [2.45, 2.75) is 251 Å². The Morgan fingerprint density at radius 3 is 1.21 bits per heavy atom. The maximum atomic E-state index is 12.8. The van der Waals surface area contributed by atoms with Crippen LogP contribution in [0.5, 0.6) is 0 Å². The first kappa shape index (κ1) is 65.7. The van der Waals surface area contributed by atoms with E-state index in [2.05, 4.69) is 74.6 Å². The predicted molar refractivity (Wildman–Crippen MR) is 289 cm³/mol. The molecule has 0 rings (SSSR count). The number of allylic oxidation sites excluding steroid dienone is 10. The number of hydrogen-bond acceptors (Lipinski definition) is 7. The molecular formula is C58H107NO8P+. The summed E-state index contributed by atoms with van der Waals surface area (Å²) in [7, 11) is 1.47. The van der Waals surface area contributed by atoms with Gasteiger partial charge in [-0.1, -0.05) is 209 Å². The van der Waals surface area contributed by atoms with E-state index in [9.17, 15) is 19.0 Å². The van der Waals surface area contributed by atoms with Crippen molar-refractivity contribution < 1.29 is 42.1 Å². The van der Waals surface area contributed by atoms with E-state index in [0.717, 1.165) is 57.8 Å². The fourth-order valence-electron chi connectivity index (χ4n) is 7.64. The molecule has 0 aromatic heterocycles.